The number of fused-ring (bicyclic) bond motifs is 2. The Labute approximate surface area is 150 Å². The van der Waals surface area contributed by atoms with E-state index in [1.165, 1.54) is 32.2 Å². The minimum atomic E-state index is -1.26. The number of hydrogen-bond acceptors (Lipinski definition) is 4. The van der Waals surface area contributed by atoms with Gasteiger partial charge in [-0.1, -0.05) is 13.3 Å². The van der Waals surface area contributed by atoms with Gasteiger partial charge < -0.3 is 20.2 Å². The molecule has 0 aromatic rings. The monoisotopic (exact) mass is 347 g/mol. The first-order valence-corrected chi connectivity index (χ1v) is 10.6. The van der Waals surface area contributed by atoms with E-state index >= 15 is 0 Å². The van der Waals surface area contributed by atoms with Crippen LogP contribution in [0.4, 0.5) is 0 Å². The molecule has 4 nitrogen and oxygen atoms in total. The van der Waals surface area contributed by atoms with E-state index in [-0.39, 0.29) is 17.9 Å². The molecule has 0 aromatic carbocycles. The number of piperidine rings is 1. The van der Waals surface area contributed by atoms with E-state index in [2.05, 4.69) is 18.9 Å². The fourth-order valence-corrected chi connectivity index (χ4v) is 10.4. The summed E-state index contributed by atoms with van der Waals surface area (Å²) in [7, 11) is 2.32. The molecule has 25 heavy (non-hydrogen) atoms. The van der Waals surface area contributed by atoms with Crippen molar-refractivity contribution in [2.75, 3.05) is 20.2 Å². The van der Waals surface area contributed by atoms with Crippen molar-refractivity contribution in [3.63, 3.8) is 0 Å². The quantitative estimate of drug-likeness (QED) is 0.675. The molecule has 0 radical (unpaired) electrons. The Morgan fingerprint density at radius 1 is 1.08 bits per heavy atom. The maximum atomic E-state index is 11.4. The lowest BCUT2D eigenvalue weighted by atomic mass is 9.38. The summed E-state index contributed by atoms with van der Waals surface area (Å²) in [5.41, 5.74) is -0.610. The highest BCUT2D eigenvalue weighted by atomic mass is 16.4. The van der Waals surface area contributed by atoms with E-state index in [1.54, 1.807) is 0 Å². The number of aliphatic hydroxyl groups is 3. The van der Waals surface area contributed by atoms with Crippen LogP contribution in [0.25, 0.3) is 0 Å². The maximum absolute atomic E-state index is 11.4. The van der Waals surface area contributed by atoms with E-state index < -0.39 is 11.7 Å². The van der Waals surface area contributed by atoms with Crippen LogP contribution in [0.15, 0.2) is 0 Å². The van der Waals surface area contributed by atoms with Crippen molar-refractivity contribution < 1.29 is 15.3 Å². The molecule has 0 amide bonds. The molecule has 6 aliphatic carbocycles. The van der Waals surface area contributed by atoms with E-state index in [9.17, 15) is 15.3 Å². The van der Waals surface area contributed by atoms with E-state index in [1.807, 2.05) is 0 Å². The third-order valence-electron chi connectivity index (χ3n) is 10.7. The Morgan fingerprint density at radius 2 is 1.88 bits per heavy atom. The van der Waals surface area contributed by atoms with Crippen LogP contribution >= 0.6 is 0 Å². The number of likely N-dealkylation sites (tertiary alicyclic amines) is 1. The number of hydrogen-bond donors (Lipinski definition) is 3. The van der Waals surface area contributed by atoms with Gasteiger partial charge in [0.1, 0.15) is 5.60 Å². The summed E-state index contributed by atoms with van der Waals surface area (Å²) in [4.78, 5) is 2.65. The maximum Gasteiger partial charge on any atom is 0.117 e. The van der Waals surface area contributed by atoms with Crippen molar-refractivity contribution in [3.05, 3.63) is 0 Å². The van der Waals surface area contributed by atoms with Crippen molar-refractivity contribution in [2.45, 2.75) is 69.6 Å². The van der Waals surface area contributed by atoms with Gasteiger partial charge >= 0.3 is 0 Å². The van der Waals surface area contributed by atoms with Crippen molar-refractivity contribution in [1.29, 1.82) is 0 Å². The van der Waals surface area contributed by atoms with Crippen LogP contribution in [0.1, 0.15) is 51.9 Å². The summed E-state index contributed by atoms with van der Waals surface area (Å²) in [5.74, 6) is 1.94. The average molecular weight is 347 g/mol. The molecule has 1 aliphatic heterocycles. The van der Waals surface area contributed by atoms with Crippen LogP contribution in [0.5, 0.6) is 0 Å². The molecule has 1 unspecified atom stereocenters. The predicted molar refractivity (Wildman–Crippen MR) is 93.7 cm³/mol. The molecule has 7 rings (SSSR count). The largest absolute Gasteiger partial charge is 0.393 e. The number of aliphatic hydroxyl groups excluding tert-OH is 2. The van der Waals surface area contributed by atoms with Gasteiger partial charge in [0.15, 0.2) is 0 Å². The van der Waals surface area contributed by atoms with Crippen LogP contribution in [0, 0.1) is 39.9 Å². The van der Waals surface area contributed by atoms with Gasteiger partial charge in [0.05, 0.1) is 12.7 Å². The van der Waals surface area contributed by atoms with E-state index in [4.69, 9.17) is 0 Å². The molecule has 1 saturated heterocycles. The van der Waals surface area contributed by atoms with Gasteiger partial charge in [-0.15, -0.1) is 0 Å². The van der Waals surface area contributed by atoms with Crippen molar-refractivity contribution >= 4 is 0 Å². The lowest BCUT2D eigenvalue weighted by Crippen LogP contribution is -2.72. The fraction of sp³-hybridized carbons (Fsp3) is 1.00. The third kappa shape index (κ3) is 1.35. The molecule has 4 heteroatoms. The second-order valence-corrected chi connectivity index (χ2v) is 11.1. The lowest BCUT2D eigenvalue weighted by Gasteiger charge is -2.69. The third-order valence-corrected chi connectivity index (χ3v) is 10.7. The Balaban J connectivity index is 1.56. The highest BCUT2D eigenvalue weighted by Gasteiger charge is 2.84. The van der Waals surface area contributed by atoms with Crippen LogP contribution in [0.3, 0.4) is 0 Å². The molecule has 140 valence electrons. The SMILES string of the molecule is CN1C[C@]2(C)CCC[C@]34C1[C@H](C[C@H]23)[C@@]12CC[C@@H](C[C@@H]41)[C@@](O)(CO)[C@H]2O. The van der Waals surface area contributed by atoms with Gasteiger partial charge in [-0.3, -0.25) is 0 Å². The first-order valence-electron chi connectivity index (χ1n) is 10.6. The van der Waals surface area contributed by atoms with Crippen LogP contribution in [-0.4, -0.2) is 58.2 Å². The first-order chi connectivity index (χ1) is 11.8. The zero-order valence-corrected chi connectivity index (χ0v) is 15.6. The Hall–Kier alpha value is -0.160. The number of rotatable bonds is 1. The fourth-order valence-electron chi connectivity index (χ4n) is 10.4. The van der Waals surface area contributed by atoms with Gasteiger partial charge in [-0.25, -0.2) is 0 Å². The molecule has 10 atom stereocenters. The van der Waals surface area contributed by atoms with Crippen molar-refractivity contribution in [3.8, 4) is 0 Å². The second-order valence-electron chi connectivity index (χ2n) is 11.1. The minimum Gasteiger partial charge on any atom is -0.393 e. The highest BCUT2D eigenvalue weighted by molar-refractivity contribution is 5.33. The Bertz CT molecular complexity index is 641. The van der Waals surface area contributed by atoms with Crippen molar-refractivity contribution in [1.82, 2.24) is 4.90 Å². The molecule has 1 heterocycles. The van der Waals surface area contributed by atoms with Crippen LogP contribution in [-0.2, 0) is 0 Å². The zero-order chi connectivity index (χ0) is 17.4. The Morgan fingerprint density at radius 3 is 2.64 bits per heavy atom. The predicted octanol–water partition coefficient (Wildman–Crippen LogP) is 1.63. The molecule has 7 aliphatic rings. The molecule has 2 spiro atoms. The summed E-state index contributed by atoms with van der Waals surface area (Å²) >= 11 is 0. The molecule has 3 N–H and O–H groups in total. The molecule has 7 bridgehead atoms. The lowest BCUT2D eigenvalue weighted by molar-refractivity contribution is -0.287. The summed E-state index contributed by atoms with van der Waals surface area (Å²) in [6.07, 6.45) is 7.59. The molecule has 0 aromatic heterocycles. The zero-order valence-electron chi connectivity index (χ0n) is 15.6. The van der Waals surface area contributed by atoms with Gasteiger partial charge in [-0.05, 0) is 80.1 Å². The first kappa shape index (κ1) is 15.9. The summed E-state index contributed by atoms with van der Waals surface area (Å²) in [6.45, 7) is 3.45. The standard InChI is InChI=1S/C21H33NO3/c1-18-5-3-6-20-14(18)9-13(16(20)22(2)10-18)19-7-4-12(8-15(19)20)21(25,11-23)17(19)24/h12-17,23-25H,3-11H2,1-2H3/t12-,13-,14+,15+,16?,17-,18-,19-,20-,21-/m0/s1. The van der Waals surface area contributed by atoms with Gasteiger partial charge in [0.2, 0.25) is 0 Å². The topological polar surface area (TPSA) is 63.9 Å². The minimum absolute atomic E-state index is 0.0762. The molecular formula is C21H33NO3. The molecule has 6 saturated carbocycles. The van der Waals surface area contributed by atoms with E-state index in [0.717, 1.165) is 25.2 Å². The number of nitrogens with zero attached hydrogens (tertiary/aromatic N) is 1. The van der Waals surface area contributed by atoms with Gasteiger partial charge in [0, 0.05) is 18.0 Å². The second kappa shape index (κ2) is 4.29. The summed E-state index contributed by atoms with van der Waals surface area (Å²) in [6, 6.07) is 0.588. The van der Waals surface area contributed by atoms with Gasteiger partial charge in [-0.2, -0.15) is 0 Å². The normalized spacial score (nSPS) is 67.6. The molecule has 7 fully saturated rings. The summed E-state index contributed by atoms with van der Waals surface area (Å²) < 4.78 is 0. The highest BCUT2D eigenvalue weighted by Crippen LogP contribution is 2.83. The summed E-state index contributed by atoms with van der Waals surface area (Å²) in [5, 5.41) is 32.6. The van der Waals surface area contributed by atoms with Crippen molar-refractivity contribution in [2.24, 2.45) is 39.9 Å². The van der Waals surface area contributed by atoms with Crippen LogP contribution in [0.2, 0.25) is 0 Å². The Kier molecular flexibility index (Phi) is 2.72. The van der Waals surface area contributed by atoms with Crippen LogP contribution < -0.4 is 0 Å². The smallest absolute Gasteiger partial charge is 0.117 e. The molecular weight excluding hydrogens is 314 g/mol. The average Bonchev–Trinajstić information content (AvgIpc) is 3.02. The van der Waals surface area contributed by atoms with E-state index in [0.29, 0.717) is 28.7 Å². The van der Waals surface area contributed by atoms with Gasteiger partial charge in [0.25, 0.3) is 0 Å².